The molecule has 0 aromatic carbocycles. The highest BCUT2D eigenvalue weighted by molar-refractivity contribution is 5.70. The Balaban J connectivity index is 2.59. The van der Waals surface area contributed by atoms with E-state index in [2.05, 4.69) is 25.5 Å². The van der Waals surface area contributed by atoms with Gasteiger partial charge in [-0.1, -0.05) is 12.5 Å². The zero-order valence-corrected chi connectivity index (χ0v) is 10.7. The maximum Gasteiger partial charge on any atom is 0.331 e. The van der Waals surface area contributed by atoms with Crippen LogP contribution in [0.25, 0.3) is 0 Å². The predicted octanol–water partition coefficient (Wildman–Crippen LogP) is 2.70. The van der Waals surface area contributed by atoms with E-state index in [1.54, 1.807) is 0 Å². The highest BCUT2D eigenvalue weighted by Crippen LogP contribution is 2.32. The second-order valence-corrected chi connectivity index (χ2v) is 4.78. The summed E-state index contributed by atoms with van der Waals surface area (Å²) in [4.78, 5) is 11.0. The molecule has 0 heterocycles. The molecule has 1 aliphatic rings. The summed E-state index contributed by atoms with van der Waals surface area (Å²) in [6.07, 6.45) is 3.43. The first-order valence-electron chi connectivity index (χ1n) is 5.89. The molecule has 92 valence electrons. The van der Waals surface area contributed by atoms with Crippen molar-refractivity contribution >= 4 is 5.97 Å². The minimum Gasteiger partial charge on any atom is -0.467 e. The Morgan fingerprint density at radius 1 is 1.44 bits per heavy atom. The van der Waals surface area contributed by atoms with Gasteiger partial charge in [-0.2, -0.15) is 0 Å². The largest absolute Gasteiger partial charge is 0.467 e. The fourth-order valence-electron chi connectivity index (χ4n) is 2.16. The van der Waals surface area contributed by atoms with E-state index in [9.17, 15) is 4.79 Å². The van der Waals surface area contributed by atoms with Crippen LogP contribution in [0.1, 0.15) is 40.0 Å². The molecule has 1 fully saturated rings. The Kier molecular flexibility index (Phi) is 5.00. The first kappa shape index (κ1) is 13.2. The van der Waals surface area contributed by atoms with Crippen molar-refractivity contribution in [3.05, 3.63) is 11.1 Å². The van der Waals surface area contributed by atoms with Crippen molar-refractivity contribution in [3.8, 4) is 0 Å². The number of methoxy groups -OCH3 is 1. The van der Waals surface area contributed by atoms with Crippen molar-refractivity contribution in [1.29, 1.82) is 0 Å². The van der Waals surface area contributed by atoms with Crippen LogP contribution in [0.5, 0.6) is 0 Å². The Labute approximate surface area is 97.8 Å². The van der Waals surface area contributed by atoms with E-state index in [-0.39, 0.29) is 18.7 Å². The quantitative estimate of drug-likeness (QED) is 0.548. The number of carbonyl (C=O) groups is 1. The standard InChI is InChI=1S/C13H22O3/c1-9(2)11-6-5-10(3)7-12(11)16-8-13(14)15-4/h10,12H,5-8H2,1-4H3/t10-,12?/m1/s1. The molecule has 0 spiro atoms. The number of hydrogen-bond donors (Lipinski definition) is 0. The van der Waals surface area contributed by atoms with Crippen molar-refractivity contribution < 1.29 is 14.3 Å². The molecule has 2 atom stereocenters. The molecule has 0 aromatic rings. The number of esters is 1. The van der Waals surface area contributed by atoms with Crippen molar-refractivity contribution in [3.63, 3.8) is 0 Å². The smallest absolute Gasteiger partial charge is 0.331 e. The average molecular weight is 226 g/mol. The SMILES string of the molecule is COC(=O)COC1C[C@H](C)CCC1=C(C)C. The summed E-state index contributed by atoms with van der Waals surface area (Å²) in [5.74, 6) is 0.372. The van der Waals surface area contributed by atoms with Gasteiger partial charge in [0, 0.05) is 0 Å². The lowest BCUT2D eigenvalue weighted by Crippen LogP contribution is -2.27. The summed E-state index contributed by atoms with van der Waals surface area (Å²) in [5, 5.41) is 0. The Bertz CT molecular complexity index is 277. The monoisotopic (exact) mass is 226 g/mol. The highest BCUT2D eigenvalue weighted by atomic mass is 16.6. The molecule has 1 rings (SSSR count). The molecule has 3 nitrogen and oxygen atoms in total. The molecule has 1 aliphatic carbocycles. The summed E-state index contributed by atoms with van der Waals surface area (Å²) in [7, 11) is 1.39. The first-order valence-corrected chi connectivity index (χ1v) is 5.89. The van der Waals surface area contributed by atoms with Crippen molar-refractivity contribution in [1.82, 2.24) is 0 Å². The number of rotatable bonds is 3. The molecule has 0 amide bonds. The van der Waals surface area contributed by atoms with E-state index >= 15 is 0 Å². The van der Waals surface area contributed by atoms with E-state index in [4.69, 9.17) is 4.74 Å². The molecule has 0 radical (unpaired) electrons. The van der Waals surface area contributed by atoms with Crippen LogP contribution in [0.2, 0.25) is 0 Å². The molecule has 0 N–H and O–H groups in total. The van der Waals surface area contributed by atoms with Crippen LogP contribution in [-0.4, -0.2) is 25.8 Å². The van der Waals surface area contributed by atoms with Gasteiger partial charge < -0.3 is 9.47 Å². The summed E-state index contributed by atoms with van der Waals surface area (Å²) >= 11 is 0. The number of ether oxygens (including phenoxy) is 2. The second kappa shape index (κ2) is 6.04. The van der Waals surface area contributed by atoms with E-state index in [1.165, 1.54) is 24.7 Å². The summed E-state index contributed by atoms with van der Waals surface area (Å²) in [6.45, 7) is 6.51. The zero-order chi connectivity index (χ0) is 12.1. The third-order valence-corrected chi connectivity index (χ3v) is 3.18. The van der Waals surface area contributed by atoms with Gasteiger partial charge in [-0.25, -0.2) is 4.79 Å². The topological polar surface area (TPSA) is 35.5 Å². The summed E-state index contributed by atoms with van der Waals surface area (Å²) in [6, 6.07) is 0. The Morgan fingerprint density at radius 2 is 2.12 bits per heavy atom. The van der Waals surface area contributed by atoms with Gasteiger partial charge in [-0.3, -0.25) is 0 Å². The Morgan fingerprint density at radius 3 is 2.69 bits per heavy atom. The van der Waals surface area contributed by atoms with Crippen molar-refractivity contribution in [2.45, 2.75) is 46.1 Å². The lowest BCUT2D eigenvalue weighted by molar-refractivity contribution is -0.147. The minimum absolute atomic E-state index is 0.0602. The van der Waals surface area contributed by atoms with Crippen LogP contribution in [0.3, 0.4) is 0 Å². The van der Waals surface area contributed by atoms with Crippen LogP contribution < -0.4 is 0 Å². The third kappa shape index (κ3) is 3.63. The Hall–Kier alpha value is -0.830. The molecular formula is C13H22O3. The number of carbonyl (C=O) groups excluding carboxylic acids is 1. The van der Waals surface area contributed by atoms with Gasteiger partial charge in [-0.05, 0) is 44.6 Å². The van der Waals surface area contributed by atoms with Gasteiger partial charge in [0.2, 0.25) is 0 Å². The molecule has 0 saturated heterocycles. The maximum atomic E-state index is 11.0. The van der Waals surface area contributed by atoms with Crippen LogP contribution in [0, 0.1) is 5.92 Å². The molecular weight excluding hydrogens is 204 g/mol. The van der Waals surface area contributed by atoms with Gasteiger partial charge in [0.25, 0.3) is 0 Å². The molecule has 0 bridgehead atoms. The van der Waals surface area contributed by atoms with Crippen molar-refractivity contribution in [2.24, 2.45) is 5.92 Å². The van der Waals surface area contributed by atoms with Crippen LogP contribution >= 0.6 is 0 Å². The summed E-state index contributed by atoms with van der Waals surface area (Å²) in [5.41, 5.74) is 2.68. The van der Waals surface area contributed by atoms with Crippen LogP contribution in [-0.2, 0) is 14.3 Å². The average Bonchev–Trinajstić information content (AvgIpc) is 2.25. The third-order valence-electron chi connectivity index (χ3n) is 3.18. The second-order valence-electron chi connectivity index (χ2n) is 4.78. The van der Waals surface area contributed by atoms with Gasteiger partial charge in [0.05, 0.1) is 13.2 Å². The molecule has 3 heteroatoms. The van der Waals surface area contributed by atoms with Crippen LogP contribution in [0.4, 0.5) is 0 Å². The molecule has 16 heavy (non-hydrogen) atoms. The molecule has 0 aromatic heterocycles. The van der Waals surface area contributed by atoms with Gasteiger partial charge in [0.1, 0.15) is 6.61 Å². The van der Waals surface area contributed by atoms with Gasteiger partial charge in [0.15, 0.2) is 0 Å². The fraction of sp³-hybridized carbons (Fsp3) is 0.769. The van der Waals surface area contributed by atoms with Crippen molar-refractivity contribution in [2.75, 3.05) is 13.7 Å². The van der Waals surface area contributed by atoms with E-state index < -0.39 is 0 Å². The van der Waals surface area contributed by atoms with E-state index in [1.807, 2.05) is 0 Å². The predicted molar refractivity (Wildman–Crippen MR) is 63.1 cm³/mol. The summed E-state index contributed by atoms with van der Waals surface area (Å²) < 4.78 is 10.2. The normalized spacial score (nSPS) is 25.4. The minimum atomic E-state index is -0.300. The van der Waals surface area contributed by atoms with Gasteiger partial charge in [-0.15, -0.1) is 0 Å². The van der Waals surface area contributed by atoms with E-state index in [0.717, 1.165) is 12.8 Å². The number of allylic oxidation sites excluding steroid dienone is 1. The molecule has 0 aliphatic heterocycles. The first-order chi connectivity index (χ1) is 7.54. The fourth-order valence-corrected chi connectivity index (χ4v) is 2.16. The maximum absolute atomic E-state index is 11.0. The van der Waals surface area contributed by atoms with E-state index in [0.29, 0.717) is 5.92 Å². The number of hydrogen-bond acceptors (Lipinski definition) is 3. The lowest BCUT2D eigenvalue weighted by Gasteiger charge is -2.30. The van der Waals surface area contributed by atoms with Crippen LogP contribution in [0.15, 0.2) is 11.1 Å². The van der Waals surface area contributed by atoms with Gasteiger partial charge >= 0.3 is 5.97 Å². The molecule has 1 unspecified atom stereocenters. The molecule has 1 saturated carbocycles. The zero-order valence-electron chi connectivity index (χ0n) is 10.7. The lowest BCUT2D eigenvalue weighted by atomic mass is 9.83. The highest BCUT2D eigenvalue weighted by Gasteiger charge is 2.25.